The zero-order chi connectivity index (χ0) is 32.3. The first kappa shape index (κ1) is 28.0. The zero-order valence-electron chi connectivity index (χ0n) is 26.4. The Morgan fingerprint density at radius 3 is 2.14 bits per heavy atom. The van der Waals surface area contributed by atoms with Gasteiger partial charge in [0.1, 0.15) is 17.0 Å². The quantitative estimate of drug-likeness (QED) is 0.188. The third kappa shape index (κ3) is 4.64. The van der Waals surface area contributed by atoms with Crippen LogP contribution in [0.25, 0.3) is 84.5 Å². The van der Waals surface area contributed by atoms with Crippen molar-refractivity contribution in [3.8, 4) is 39.3 Å². The van der Waals surface area contributed by atoms with Crippen LogP contribution in [0.4, 0.5) is 0 Å². The molecule has 0 aliphatic carbocycles. The molecule has 1 aliphatic heterocycles. The minimum atomic E-state index is 0.879. The highest BCUT2D eigenvalue weighted by atomic mass is 32.2. The van der Waals surface area contributed by atoms with Crippen molar-refractivity contribution in [2.75, 3.05) is 0 Å². The van der Waals surface area contributed by atoms with Gasteiger partial charge in [0.2, 0.25) is 0 Å². The number of aromatic nitrogens is 2. The summed E-state index contributed by atoms with van der Waals surface area (Å²) in [6, 6.07) is 55.9. The molecule has 3 nitrogen and oxygen atoms in total. The molecule has 4 heteroatoms. The van der Waals surface area contributed by atoms with E-state index in [0.717, 1.165) is 66.7 Å². The van der Waals surface area contributed by atoms with Crippen LogP contribution in [0.5, 0.6) is 0 Å². The number of imidazole rings is 1. The third-order valence-electron chi connectivity index (χ3n) is 9.46. The van der Waals surface area contributed by atoms with Crippen molar-refractivity contribution >= 4 is 56.9 Å². The lowest BCUT2D eigenvalue weighted by Gasteiger charge is -2.16. The number of rotatable bonds is 2. The molecule has 0 spiro atoms. The van der Waals surface area contributed by atoms with Crippen molar-refractivity contribution in [2.24, 2.45) is 0 Å². The van der Waals surface area contributed by atoms with E-state index < -0.39 is 0 Å². The summed E-state index contributed by atoms with van der Waals surface area (Å²) >= 11 is 1.82. The smallest absolute Gasteiger partial charge is 0.145 e. The molecule has 0 saturated carbocycles. The monoisotopic (exact) mass is 644 g/mol. The first-order valence-electron chi connectivity index (χ1n) is 16.5. The van der Waals surface area contributed by atoms with Crippen LogP contribution in [0.1, 0.15) is 11.1 Å². The second-order valence-electron chi connectivity index (χ2n) is 12.4. The first-order valence-corrected chi connectivity index (χ1v) is 17.3. The van der Waals surface area contributed by atoms with E-state index in [-0.39, 0.29) is 0 Å². The number of fused-ring (bicyclic) bond motifs is 10. The van der Waals surface area contributed by atoms with E-state index in [4.69, 9.17) is 9.40 Å². The molecule has 1 aliphatic rings. The number of furan rings is 1. The van der Waals surface area contributed by atoms with E-state index in [1.165, 1.54) is 26.5 Å². The Bertz CT molecular complexity index is 2750. The van der Waals surface area contributed by atoms with Crippen molar-refractivity contribution in [3.05, 3.63) is 169 Å². The summed E-state index contributed by atoms with van der Waals surface area (Å²) in [6.07, 6.45) is 4.50. The van der Waals surface area contributed by atoms with E-state index in [0.29, 0.717) is 0 Å². The molecule has 10 rings (SSSR count). The number of hydrogen-bond acceptors (Lipinski definition) is 3. The Morgan fingerprint density at radius 2 is 1.22 bits per heavy atom. The van der Waals surface area contributed by atoms with Gasteiger partial charge in [-0.1, -0.05) is 127 Å². The number of nitrogens with zero attached hydrogens (tertiary/aromatic N) is 2. The number of hydrogen-bond donors (Lipinski definition) is 0. The molecule has 0 atom stereocenters. The molecule has 0 saturated heterocycles. The second-order valence-corrected chi connectivity index (χ2v) is 13.4. The summed E-state index contributed by atoms with van der Waals surface area (Å²) in [5.74, 6) is 0.906. The molecule has 0 amide bonds. The fraction of sp³-hybridized carbons (Fsp3) is 0. The SMILES string of the molecule is C1=C\c2ccc(-c3nc4ccccc4n3-c3ccccc3)cc2-c2cc3oc4ccccc4c3cc2Sc2ccccc2-c2ccccc2/1. The third-order valence-corrected chi connectivity index (χ3v) is 10.6. The Morgan fingerprint density at radius 1 is 0.490 bits per heavy atom. The summed E-state index contributed by atoms with van der Waals surface area (Å²) in [5, 5.41) is 2.24. The van der Waals surface area contributed by atoms with Crippen LogP contribution in [0.15, 0.2) is 172 Å². The predicted octanol–water partition coefficient (Wildman–Crippen LogP) is 12.6. The van der Waals surface area contributed by atoms with E-state index in [9.17, 15) is 0 Å². The molecule has 0 N–H and O–H groups in total. The highest BCUT2D eigenvalue weighted by molar-refractivity contribution is 7.99. The molecular formula is C45H28N2OS. The Labute approximate surface area is 287 Å². The fourth-order valence-electron chi connectivity index (χ4n) is 7.14. The van der Waals surface area contributed by atoms with Gasteiger partial charge in [-0.05, 0) is 88.0 Å². The molecule has 230 valence electrons. The lowest BCUT2D eigenvalue weighted by molar-refractivity contribution is 0.669. The average molecular weight is 645 g/mol. The molecule has 3 heterocycles. The Balaban J connectivity index is 1.28. The lowest BCUT2D eigenvalue weighted by atomic mass is 9.94. The van der Waals surface area contributed by atoms with Gasteiger partial charge in [0.05, 0.1) is 11.0 Å². The van der Waals surface area contributed by atoms with Gasteiger partial charge in [-0.3, -0.25) is 4.57 Å². The standard InChI is InChI=1S/C45H28N2OS/c1-2-13-32(14-3-1)47-40-19-9-8-18-39(40)46-45(47)31-25-24-30-23-22-29-12-4-5-15-33(29)35-17-7-11-21-43(35)49-44-28-37-34-16-6-10-20-41(34)48-42(37)27-38(44)36(30)26-31/h1-28H/b23-22-. The van der Waals surface area contributed by atoms with Crippen molar-refractivity contribution in [1.29, 1.82) is 0 Å². The minimum Gasteiger partial charge on any atom is -0.456 e. The number of benzene rings is 7. The van der Waals surface area contributed by atoms with Gasteiger partial charge in [0, 0.05) is 31.8 Å². The molecule has 0 radical (unpaired) electrons. The largest absolute Gasteiger partial charge is 0.456 e. The van der Waals surface area contributed by atoms with Gasteiger partial charge in [-0.25, -0.2) is 4.98 Å². The maximum atomic E-state index is 6.49. The van der Waals surface area contributed by atoms with Crippen LogP contribution in [0, 0.1) is 0 Å². The van der Waals surface area contributed by atoms with Crippen LogP contribution >= 0.6 is 11.8 Å². The van der Waals surface area contributed by atoms with Crippen LogP contribution < -0.4 is 0 Å². The van der Waals surface area contributed by atoms with Crippen LogP contribution in [0.3, 0.4) is 0 Å². The summed E-state index contributed by atoms with van der Waals surface area (Å²) in [5.41, 5.74) is 12.9. The van der Waals surface area contributed by atoms with E-state index in [1.54, 1.807) is 0 Å². The van der Waals surface area contributed by atoms with Gasteiger partial charge in [-0.15, -0.1) is 0 Å². The van der Waals surface area contributed by atoms with E-state index in [1.807, 2.05) is 17.8 Å². The van der Waals surface area contributed by atoms with Gasteiger partial charge < -0.3 is 4.42 Å². The Kier molecular flexibility index (Phi) is 6.42. The van der Waals surface area contributed by atoms with Crippen LogP contribution in [-0.2, 0) is 0 Å². The molecule has 49 heavy (non-hydrogen) atoms. The van der Waals surface area contributed by atoms with Crippen molar-refractivity contribution < 1.29 is 4.42 Å². The zero-order valence-corrected chi connectivity index (χ0v) is 27.2. The highest BCUT2D eigenvalue weighted by Crippen LogP contribution is 2.47. The molecule has 0 unspecified atom stereocenters. The van der Waals surface area contributed by atoms with Crippen molar-refractivity contribution in [1.82, 2.24) is 9.55 Å². The molecule has 9 aromatic rings. The Hall–Kier alpha value is -6.10. The van der Waals surface area contributed by atoms with Gasteiger partial charge in [0.15, 0.2) is 0 Å². The topological polar surface area (TPSA) is 31.0 Å². The normalized spacial score (nSPS) is 13.0. The predicted molar refractivity (Wildman–Crippen MR) is 204 cm³/mol. The average Bonchev–Trinajstić information content (AvgIpc) is 3.72. The summed E-state index contributed by atoms with van der Waals surface area (Å²) in [7, 11) is 0. The summed E-state index contributed by atoms with van der Waals surface area (Å²) in [6.45, 7) is 0. The van der Waals surface area contributed by atoms with Crippen LogP contribution in [-0.4, -0.2) is 9.55 Å². The summed E-state index contributed by atoms with van der Waals surface area (Å²) in [4.78, 5) is 7.60. The summed E-state index contributed by atoms with van der Waals surface area (Å²) < 4.78 is 8.76. The lowest BCUT2D eigenvalue weighted by Crippen LogP contribution is -1.98. The van der Waals surface area contributed by atoms with Crippen LogP contribution in [0.2, 0.25) is 0 Å². The van der Waals surface area contributed by atoms with E-state index >= 15 is 0 Å². The maximum Gasteiger partial charge on any atom is 0.145 e. The molecule has 7 aromatic carbocycles. The maximum absolute atomic E-state index is 6.49. The second kappa shape index (κ2) is 11.3. The number of para-hydroxylation sites is 4. The molecule has 2 aromatic heterocycles. The van der Waals surface area contributed by atoms with Gasteiger partial charge in [0.25, 0.3) is 0 Å². The van der Waals surface area contributed by atoms with E-state index in [2.05, 4.69) is 168 Å². The van der Waals surface area contributed by atoms with Crippen molar-refractivity contribution in [2.45, 2.75) is 9.79 Å². The minimum absolute atomic E-state index is 0.879. The molecule has 0 fully saturated rings. The molecule has 0 bridgehead atoms. The fourth-order valence-corrected chi connectivity index (χ4v) is 8.27. The van der Waals surface area contributed by atoms with Gasteiger partial charge >= 0.3 is 0 Å². The first-order chi connectivity index (χ1) is 24.3. The molecular weight excluding hydrogens is 617 g/mol. The van der Waals surface area contributed by atoms with Gasteiger partial charge in [-0.2, -0.15) is 0 Å². The van der Waals surface area contributed by atoms with Crippen molar-refractivity contribution in [3.63, 3.8) is 0 Å². The highest BCUT2D eigenvalue weighted by Gasteiger charge is 2.21.